The SMILES string of the molecule is CC1CN(Cc2ccc(CC(=O)O)cc2)CC(C)N1C. The molecule has 1 aliphatic heterocycles. The summed E-state index contributed by atoms with van der Waals surface area (Å²) in [4.78, 5) is 15.6. The molecule has 4 nitrogen and oxygen atoms in total. The van der Waals surface area contributed by atoms with Gasteiger partial charge in [0.25, 0.3) is 0 Å². The van der Waals surface area contributed by atoms with Gasteiger partial charge in [0.15, 0.2) is 0 Å². The quantitative estimate of drug-likeness (QED) is 0.911. The van der Waals surface area contributed by atoms with Crippen molar-refractivity contribution in [1.29, 1.82) is 0 Å². The summed E-state index contributed by atoms with van der Waals surface area (Å²) in [5.74, 6) is -0.778. The minimum atomic E-state index is -0.778. The van der Waals surface area contributed by atoms with Gasteiger partial charge in [-0.2, -0.15) is 0 Å². The van der Waals surface area contributed by atoms with Gasteiger partial charge in [-0.15, -0.1) is 0 Å². The number of nitrogens with zero attached hydrogens (tertiary/aromatic N) is 2. The third kappa shape index (κ3) is 3.81. The Morgan fingerprint density at radius 1 is 1.15 bits per heavy atom. The van der Waals surface area contributed by atoms with E-state index in [-0.39, 0.29) is 6.42 Å². The third-order valence-electron chi connectivity index (χ3n) is 4.22. The molecule has 110 valence electrons. The lowest BCUT2D eigenvalue weighted by Crippen LogP contribution is -2.54. The Balaban J connectivity index is 1.95. The summed E-state index contributed by atoms with van der Waals surface area (Å²) < 4.78 is 0. The first-order valence-corrected chi connectivity index (χ1v) is 7.19. The highest BCUT2D eigenvalue weighted by Gasteiger charge is 2.26. The van der Waals surface area contributed by atoms with Crippen LogP contribution >= 0.6 is 0 Å². The number of piperazine rings is 1. The van der Waals surface area contributed by atoms with Gasteiger partial charge in [-0.3, -0.25) is 14.6 Å². The Labute approximate surface area is 121 Å². The van der Waals surface area contributed by atoms with Crippen molar-refractivity contribution in [2.24, 2.45) is 0 Å². The van der Waals surface area contributed by atoms with E-state index in [1.165, 1.54) is 5.56 Å². The van der Waals surface area contributed by atoms with E-state index in [0.29, 0.717) is 12.1 Å². The van der Waals surface area contributed by atoms with E-state index >= 15 is 0 Å². The van der Waals surface area contributed by atoms with Crippen LogP contribution in [0, 0.1) is 0 Å². The van der Waals surface area contributed by atoms with E-state index in [1.807, 2.05) is 24.3 Å². The molecule has 1 aromatic rings. The molecule has 0 saturated carbocycles. The molecule has 0 spiro atoms. The minimum Gasteiger partial charge on any atom is -0.481 e. The van der Waals surface area contributed by atoms with Crippen LogP contribution in [-0.4, -0.2) is 53.1 Å². The van der Waals surface area contributed by atoms with Crippen molar-refractivity contribution in [3.05, 3.63) is 35.4 Å². The van der Waals surface area contributed by atoms with Crippen molar-refractivity contribution < 1.29 is 9.90 Å². The average molecular weight is 276 g/mol. The van der Waals surface area contributed by atoms with E-state index in [2.05, 4.69) is 30.7 Å². The Morgan fingerprint density at radius 3 is 2.15 bits per heavy atom. The minimum absolute atomic E-state index is 0.100. The van der Waals surface area contributed by atoms with E-state index in [0.717, 1.165) is 25.2 Å². The van der Waals surface area contributed by atoms with E-state index < -0.39 is 5.97 Å². The second-order valence-electron chi connectivity index (χ2n) is 5.94. The van der Waals surface area contributed by atoms with Crippen LogP contribution in [0.15, 0.2) is 24.3 Å². The maximum Gasteiger partial charge on any atom is 0.307 e. The van der Waals surface area contributed by atoms with Gasteiger partial charge < -0.3 is 5.11 Å². The van der Waals surface area contributed by atoms with Crippen LogP contribution in [0.2, 0.25) is 0 Å². The molecule has 2 unspecified atom stereocenters. The van der Waals surface area contributed by atoms with Crippen molar-refractivity contribution in [2.45, 2.75) is 38.9 Å². The van der Waals surface area contributed by atoms with Gasteiger partial charge in [-0.25, -0.2) is 0 Å². The number of rotatable bonds is 4. The molecule has 0 aromatic heterocycles. The molecule has 1 aliphatic rings. The van der Waals surface area contributed by atoms with Crippen LogP contribution in [-0.2, 0) is 17.8 Å². The number of benzene rings is 1. The van der Waals surface area contributed by atoms with Crippen molar-refractivity contribution in [2.75, 3.05) is 20.1 Å². The number of carboxylic acid groups (broad SMARTS) is 1. The molecule has 0 aliphatic carbocycles. The first-order valence-electron chi connectivity index (χ1n) is 7.19. The summed E-state index contributed by atoms with van der Waals surface area (Å²) in [6, 6.07) is 9.09. The molecule has 2 rings (SSSR count). The summed E-state index contributed by atoms with van der Waals surface area (Å²) >= 11 is 0. The highest BCUT2D eigenvalue weighted by Crippen LogP contribution is 2.16. The molecule has 1 saturated heterocycles. The van der Waals surface area contributed by atoms with Crippen molar-refractivity contribution in [3.63, 3.8) is 0 Å². The molecule has 0 amide bonds. The van der Waals surface area contributed by atoms with Gasteiger partial charge >= 0.3 is 5.97 Å². The number of aliphatic carboxylic acids is 1. The molecule has 1 N–H and O–H groups in total. The highest BCUT2D eigenvalue weighted by atomic mass is 16.4. The lowest BCUT2D eigenvalue weighted by atomic mass is 10.1. The fourth-order valence-electron chi connectivity index (χ4n) is 2.84. The van der Waals surface area contributed by atoms with Gasteiger partial charge in [-0.1, -0.05) is 24.3 Å². The first kappa shape index (κ1) is 15.0. The lowest BCUT2D eigenvalue weighted by Gasteiger charge is -2.42. The van der Waals surface area contributed by atoms with Gasteiger partial charge in [0.05, 0.1) is 6.42 Å². The first-order chi connectivity index (χ1) is 9.45. The van der Waals surface area contributed by atoms with Crippen LogP contribution in [0.5, 0.6) is 0 Å². The molecular formula is C16H24N2O2. The maximum atomic E-state index is 10.7. The highest BCUT2D eigenvalue weighted by molar-refractivity contribution is 5.70. The van der Waals surface area contributed by atoms with E-state index in [9.17, 15) is 4.79 Å². The molecule has 1 heterocycles. The fraction of sp³-hybridized carbons (Fsp3) is 0.562. The molecule has 1 fully saturated rings. The molecule has 4 heteroatoms. The smallest absolute Gasteiger partial charge is 0.307 e. The molecule has 2 atom stereocenters. The lowest BCUT2D eigenvalue weighted by molar-refractivity contribution is -0.136. The summed E-state index contributed by atoms with van der Waals surface area (Å²) in [6.07, 6.45) is 0.100. The Bertz CT molecular complexity index is 446. The number of hydrogen-bond donors (Lipinski definition) is 1. The number of likely N-dealkylation sites (N-methyl/N-ethyl adjacent to an activating group) is 1. The summed E-state index contributed by atoms with van der Waals surface area (Å²) in [5, 5.41) is 8.77. The van der Waals surface area contributed by atoms with Gasteiger partial charge in [0, 0.05) is 31.7 Å². The van der Waals surface area contributed by atoms with Crippen LogP contribution < -0.4 is 0 Å². The molecular weight excluding hydrogens is 252 g/mol. The number of carbonyl (C=O) groups is 1. The molecule has 0 bridgehead atoms. The Morgan fingerprint density at radius 2 is 1.65 bits per heavy atom. The zero-order valence-electron chi connectivity index (χ0n) is 12.5. The zero-order valence-corrected chi connectivity index (χ0v) is 12.5. The zero-order chi connectivity index (χ0) is 14.7. The topological polar surface area (TPSA) is 43.8 Å². The van der Waals surface area contributed by atoms with Gasteiger partial charge in [0.2, 0.25) is 0 Å². The van der Waals surface area contributed by atoms with Gasteiger partial charge in [0.1, 0.15) is 0 Å². The largest absolute Gasteiger partial charge is 0.481 e. The number of carboxylic acids is 1. The second-order valence-corrected chi connectivity index (χ2v) is 5.94. The number of hydrogen-bond acceptors (Lipinski definition) is 3. The van der Waals surface area contributed by atoms with Crippen molar-refractivity contribution in [1.82, 2.24) is 9.80 Å². The van der Waals surface area contributed by atoms with Crippen LogP contribution in [0.1, 0.15) is 25.0 Å². The van der Waals surface area contributed by atoms with E-state index in [4.69, 9.17) is 5.11 Å². The maximum absolute atomic E-state index is 10.7. The molecule has 20 heavy (non-hydrogen) atoms. The van der Waals surface area contributed by atoms with Crippen LogP contribution in [0.4, 0.5) is 0 Å². The Kier molecular flexibility index (Phi) is 4.78. The molecule has 1 aromatic carbocycles. The third-order valence-corrected chi connectivity index (χ3v) is 4.22. The predicted octanol–water partition coefficient (Wildman–Crippen LogP) is 1.84. The standard InChI is InChI=1S/C16H24N2O2/c1-12-9-18(10-13(2)17(12)3)11-15-6-4-14(5-7-15)8-16(19)20/h4-7,12-13H,8-11H2,1-3H3,(H,19,20). The summed E-state index contributed by atoms with van der Waals surface area (Å²) in [6.45, 7) is 7.63. The van der Waals surface area contributed by atoms with Crippen molar-refractivity contribution in [3.8, 4) is 0 Å². The fourth-order valence-corrected chi connectivity index (χ4v) is 2.84. The van der Waals surface area contributed by atoms with Crippen LogP contribution in [0.25, 0.3) is 0 Å². The van der Waals surface area contributed by atoms with Crippen LogP contribution in [0.3, 0.4) is 0 Å². The average Bonchev–Trinajstić information content (AvgIpc) is 2.37. The van der Waals surface area contributed by atoms with E-state index in [1.54, 1.807) is 0 Å². The van der Waals surface area contributed by atoms with Gasteiger partial charge in [-0.05, 0) is 32.0 Å². The van der Waals surface area contributed by atoms with Crippen molar-refractivity contribution >= 4 is 5.97 Å². The summed E-state index contributed by atoms with van der Waals surface area (Å²) in [7, 11) is 2.19. The normalized spacial score (nSPS) is 24.8. The monoisotopic (exact) mass is 276 g/mol. The predicted molar refractivity (Wildman–Crippen MR) is 79.7 cm³/mol. The Hall–Kier alpha value is -1.39. The summed E-state index contributed by atoms with van der Waals surface area (Å²) in [5.41, 5.74) is 2.12. The second kappa shape index (κ2) is 6.37. The molecule has 0 radical (unpaired) electrons.